The van der Waals surface area contributed by atoms with Crippen LogP contribution in [0.1, 0.15) is 38.3 Å². The van der Waals surface area contributed by atoms with Gasteiger partial charge >= 0.3 is 6.03 Å². The van der Waals surface area contributed by atoms with Crippen molar-refractivity contribution >= 4 is 29.2 Å². The lowest BCUT2D eigenvalue weighted by Gasteiger charge is -2.32. The number of rotatable bonds is 6. The summed E-state index contributed by atoms with van der Waals surface area (Å²) in [5.74, 6) is -0.719. The first kappa shape index (κ1) is 21.9. The zero-order chi connectivity index (χ0) is 22.9. The van der Waals surface area contributed by atoms with Crippen LogP contribution in [0.4, 0.5) is 16.2 Å². The highest BCUT2D eigenvalue weighted by atomic mass is 16.2. The second-order valence-corrected chi connectivity index (χ2v) is 8.82. The van der Waals surface area contributed by atoms with Gasteiger partial charge in [0, 0.05) is 30.4 Å². The Balaban J connectivity index is 1.41. The van der Waals surface area contributed by atoms with Gasteiger partial charge in [0.05, 0.1) is 0 Å². The molecule has 32 heavy (non-hydrogen) atoms. The topological polar surface area (TPSA) is 81.8 Å². The summed E-state index contributed by atoms with van der Waals surface area (Å²) in [4.78, 5) is 41.7. The SMILES string of the molecule is CCN(c1ccc(NC(=O)CN2C(=O)NC3(CCc4ccccc4C3)C2=O)cc1)C(C)C. The zero-order valence-corrected chi connectivity index (χ0v) is 18.9. The molecule has 2 aliphatic rings. The normalized spacial score (nSPS) is 19.8. The summed E-state index contributed by atoms with van der Waals surface area (Å²) in [6.45, 7) is 6.96. The van der Waals surface area contributed by atoms with Crippen LogP contribution in [0.2, 0.25) is 0 Å². The monoisotopic (exact) mass is 434 g/mol. The summed E-state index contributed by atoms with van der Waals surface area (Å²) >= 11 is 0. The molecule has 1 aliphatic heterocycles. The molecule has 1 spiro atoms. The number of fused-ring (bicyclic) bond motifs is 1. The van der Waals surface area contributed by atoms with Crippen molar-refractivity contribution in [3.63, 3.8) is 0 Å². The van der Waals surface area contributed by atoms with Crippen LogP contribution < -0.4 is 15.5 Å². The second-order valence-electron chi connectivity index (χ2n) is 8.82. The van der Waals surface area contributed by atoms with Crippen molar-refractivity contribution in [1.82, 2.24) is 10.2 Å². The van der Waals surface area contributed by atoms with Crippen molar-refractivity contribution in [3.05, 3.63) is 59.7 Å². The van der Waals surface area contributed by atoms with E-state index in [1.54, 1.807) is 0 Å². The first-order valence-corrected chi connectivity index (χ1v) is 11.2. The first-order chi connectivity index (χ1) is 15.3. The van der Waals surface area contributed by atoms with Gasteiger partial charge in [-0.2, -0.15) is 0 Å². The number of anilines is 2. The molecule has 2 aromatic rings. The summed E-state index contributed by atoms with van der Waals surface area (Å²) < 4.78 is 0. The largest absolute Gasteiger partial charge is 0.369 e. The highest BCUT2D eigenvalue weighted by molar-refractivity contribution is 6.10. The average Bonchev–Trinajstić information content (AvgIpc) is 2.99. The molecule has 7 heteroatoms. The highest BCUT2D eigenvalue weighted by Gasteiger charge is 2.52. The standard InChI is InChI=1S/C25H30N4O3/c1-4-28(17(2)3)21-11-9-20(10-12-21)26-22(30)16-29-23(31)25(27-24(29)32)14-13-18-7-5-6-8-19(18)15-25/h5-12,17H,4,13-16H2,1-3H3,(H,26,30)(H,27,32). The summed E-state index contributed by atoms with van der Waals surface area (Å²) in [7, 11) is 0. The van der Waals surface area contributed by atoms with Gasteiger partial charge in [0.15, 0.2) is 0 Å². The zero-order valence-electron chi connectivity index (χ0n) is 18.9. The molecule has 4 amide bonds. The Bertz CT molecular complexity index is 1030. The number of hydrogen-bond acceptors (Lipinski definition) is 4. The van der Waals surface area contributed by atoms with E-state index in [0.29, 0.717) is 24.6 Å². The van der Waals surface area contributed by atoms with Crippen molar-refractivity contribution < 1.29 is 14.4 Å². The third-order valence-corrected chi connectivity index (χ3v) is 6.43. The summed E-state index contributed by atoms with van der Waals surface area (Å²) in [5.41, 5.74) is 3.04. The van der Waals surface area contributed by atoms with Gasteiger partial charge in [-0.3, -0.25) is 14.5 Å². The van der Waals surface area contributed by atoms with E-state index in [9.17, 15) is 14.4 Å². The maximum Gasteiger partial charge on any atom is 0.325 e. The minimum absolute atomic E-state index is 0.303. The van der Waals surface area contributed by atoms with E-state index < -0.39 is 17.5 Å². The Hall–Kier alpha value is -3.35. The molecule has 2 N–H and O–H groups in total. The number of urea groups is 1. The van der Waals surface area contributed by atoms with Crippen molar-refractivity contribution in [2.45, 2.75) is 51.6 Å². The molecule has 0 bridgehead atoms. The summed E-state index contributed by atoms with van der Waals surface area (Å²) in [6, 6.07) is 15.4. The van der Waals surface area contributed by atoms with Gasteiger partial charge in [-0.25, -0.2) is 4.79 Å². The maximum absolute atomic E-state index is 13.2. The number of benzene rings is 2. The van der Waals surface area contributed by atoms with Crippen molar-refractivity contribution in [1.29, 1.82) is 0 Å². The Morgan fingerprint density at radius 3 is 2.47 bits per heavy atom. The smallest absolute Gasteiger partial charge is 0.325 e. The predicted octanol–water partition coefficient (Wildman–Crippen LogP) is 3.34. The van der Waals surface area contributed by atoms with Gasteiger partial charge in [-0.05, 0) is 69.0 Å². The Morgan fingerprint density at radius 1 is 1.12 bits per heavy atom. The molecule has 1 unspecified atom stereocenters. The number of carbonyl (C=O) groups is 3. The Morgan fingerprint density at radius 2 is 1.81 bits per heavy atom. The van der Waals surface area contributed by atoms with Crippen LogP contribution in [-0.4, -0.2) is 47.4 Å². The minimum Gasteiger partial charge on any atom is -0.369 e. The fourth-order valence-corrected chi connectivity index (χ4v) is 4.77. The molecule has 1 saturated heterocycles. The van der Waals surface area contributed by atoms with Crippen LogP contribution in [0.5, 0.6) is 0 Å². The molecule has 1 aliphatic carbocycles. The van der Waals surface area contributed by atoms with Crippen LogP contribution in [-0.2, 0) is 22.4 Å². The van der Waals surface area contributed by atoms with E-state index in [4.69, 9.17) is 0 Å². The van der Waals surface area contributed by atoms with E-state index in [2.05, 4.69) is 42.4 Å². The highest BCUT2D eigenvalue weighted by Crippen LogP contribution is 2.33. The van der Waals surface area contributed by atoms with Gasteiger partial charge in [0.2, 0.25) is 5.91 Å². The summed E-state index contributed by atoms with van der Waals surface area (Å²) in [6.07, 6.45) is 1.72. The first-order valence-electron chi connectivity index (χ1n) is 11.2. The summed E-state index contributed by atoms with van der Waals surface area (Å²) in [5, 5.41) is 5.67. The van der Waals surface area contributed by atoms with Gasteiger partial charge in [-0.15, -0.1) is 0 Å². The van der Waals surface area contributed by atoms with Gasteiger partial charge in [-0.1, -0.05) is 24.3 Å². The molecular weight excluding hydrogens is 404 g/mol. The second kappa shape index (κ2) is 8.65. The van der Waals surface area contributed by atoms with E-state index in [1.807, 2.05) is 42.5 Å². The van der Waals surface area contributed by atoms with Crippen molar-refractivity contribution in [2.75, 3.05) is 23.3 Å². The molecule has 1 atom stereocenters. The van der Waals surface area contributed by atoms with Crippen LogP contribution in [0.3, 0.4) is 0 Å². The van der Waals surface area contributed by atoms with E-state index in [1.165, 1.54) is 5.56 Å². The van der Waals surface area contributed by atoms with Gasteiger partial charge < -0.3 is 15.5 Å². The Labute approximate surface area is 188 Å². The molecular formula is C25H30N4O3. The molecule has 0 saturated carbocycles. The third kappa shape index (κ3) is 4.07. The quantitative estimate of drug-likeness (QED) is 0.684. The van der Waals surface area contributed by atoms with Crippen molar-refractivity contribution in [3.8, 4) is 0 Å². The van der Waals surface area contributed by atoms with Crippen LogP contribution in [0, 0.1) is 0 Å². The third-order valence-electron chi connectivity index (χ3n) is 6.43. The number of carbonyl (C=O) groups excluding carboxylic acids is 3. The van der Waals surface area contributed by atoms with E-state index in [-0.39, 0.29) is 12.5 Å². The lowest BCUT2D eigenvalue weighted by Crippen LogP contribution is -2.51. The number of aryl methyl sites for hydroxylation is 1. The van der Waals surface area contributed by atoms with Crippen LogP contribution in [0.25, 0.3) is 0 Å². The lowest BCUT2D eigenvalue weighted by molar-refractivity contribution is -0.134. The molecule has 1 heterocycles. The van der Waals surface area contributed by atoms with Crippen molar-refractivity contribution in [2.24, 2.45) is 0 Å². The minimum atomic E-state index is -0.951. The Kier molecular flexibility index (Phi) is 5.91. The molecule has 7 nitrogen and oxygen atoms in total. The number of amides is 4. The molecule has 2 aromatic carbocycles. The van der Waals surface area contributed by atoms with Gasteiger partial charge in [0.1, 0.15) is 12.1 Å². The number of hydrogen-bond donors (Lipinski definition) is 2. The fourth-order valence-electron chi connectivity index (χ4n) is 4.77. The average molecular weight is 435 g/mol. The number of imide groups is 1. The maximum atomic E-state index is 13.2. The molecule has 4 rings (SSSR count). The molecule has 0 radical (unpaired) electrons. The van der Waals surface area contributed by atoms with Crippen LogP contribution in [0.15, 0.2) is 48.5 Å². The van der Waals surface area contributed by atoms with E-state index >= 15 is 0 Å². The van der Waals surface area contributed by atoms with Gasteiger partial charge in [0.25, 0.3) is 5.91 Å². The van der Waals surface area contributed by atoms with E-state index in [0.717, 1.165) is 29.1 Å². The molecule has 0 aromatic heterocycles. The lowest BCUT2D eigenvalue weighted by atomic mass is 9.78. The predicted molar refractivity (Wildman–Crippen MR) is 125 cm³/mol. The molecule has 168 valence electrons. The fraction of sp³-hybridized carbons (Fsp3) is 0.400. The molecule has 1 fully saturated rings. The number of nitrogens with zero attached hydrogens (tertiary/aromatic N) is 2. The number of nitrogens with one attached hydrogen (secondary N) is 2. The van der Waals surface area contributed by atoms with Crippen LogP contribution >= 0.6 is 0 Å².